The fourth-order valence-corrected chi connectivity index (χ4v) is 1.02. The maximum atomic E-state index is 10.3. The van der Waals surface area contributed by atoms with Crippen molar-refractivity contribution in [3.05, 3.63) is 0 Å². The van der Waals surface area contributed by atoms with Crippen molar-refractivity contribution < 1.29 is 43.3 Å². The highest BCUT2D eigenvalue weighted by atomic mass is 32.2. The molecule has 1 rings (SSSR count). The predicted molar refractivity (Wildman–Crippen MR) is 46.9 cm³/mol. The molecule has 0 saturated carbocycles. The van der Waals surface area contributed by atoms with Gasteiger partial charge in [0.05, 0.1) is 18.0 Å². The van der Waals surface area contributed by atoms with E-state index < -0.39 is 41.7 Å². The third kappa shape index (κ3) is 4.94. The van der Waals surface area contributed by atoms with Gasteiger partial charge in [-0.25, -0.2) is 9.00 Å². The van der Waals surface area contributed by atoms with E-state index in [0.717, 1.165) is 0 Å². The molecule has 0 radical (unpaired) electrons. The molecule has 0 aromatic heterocycles. The van der Waals surface area contributed by atoms with Crippen LogP contribution in [0.3, 0.4) is 0 Å². The molecule has 16 heavy (non-hydrogen) atoms. The van der Waals surface area contributed by atoms with Crippen LogP contribution >= 0.6 is 0 Å². The van der Waals surface area contributed by atoms with Crippen molar-refractivity contribution in [2.45, 2.75) is 24.4 Å². The molecule has 1 heterocycles. The fourth-order valence-electron chi connectivity index (χ4n) is 1.02. The highest BCUT2D eigenvalue weighted by Gasteiger charge is 2.41. The van der Waals surface area contributed by atoms with Crippen LogP contribution in [0.25, 0.3) is 0 Å². The van der Waals surface area contributed by atoms with Gasteiger partial charge in [-0.05, 0) is 0 Å². The van der Waals surface area contributed by atoms with Gasteiger partial charge < -0.3 is 34.3 Å². The first-order valence-corrected chi connectivity index (χ1v) is 4.97. The van der Waals surface area contributed by atoms with Gasteiger partial charge in [-0.1, -0.05) is 0 Å². The van der Waals surface area contributed by atoms with Crippen LogP contribution in [0.1, 0.15) is 0 Å². The Kier molecular flexibility index (Phi) is 6.59. The number of hydrogen-bond donors (Lipinski definition) is 5. The molecule has 1 saturated heterocycles. The van der Waals surface area contributed by atoms with E-state index in [1.165, 1.54) is 0 Å². The van der Waals surface area contributed by atoms with Crippen LogP contribution in [0.4, 0.5) is 0 Å². The Balaban J connectivity index is 0.000000487. The molecule has 5 N–H and O–H groups in total. The summed E-state index contributed by atoms with van der Waals surface area (Å²) in [6.07, 6.45) is -5.72. The number of aliphatic carboxylic acids is 1. The smallest absolute Gasteiger partial charge is 0.335 e. The molecule has 9 nitrogen and oxygen atoms in total. The zero-order valence-corrected chi connectivity index (χ0v) is 8.61. The van der Waals surface area contributed by atoms with E-state index in [9.17, 15) is 4.79 Å². The lowest BCUT2D eigenvalue weighted by atomic mass is 10.0. The minimum Gasteiger partial charge on any atom is -0.750 e. The molecular weight excluding hydrogens is 248 g/mol. The van der Waals surface area contributed by atoms with Crippen molar-refractivity contribution in [2.24, 2.45) is 0 Å². The van der Waals surface area contributed by atoms with Gasteiger partial charge in [0.25, 0.3) is 0 Å². The highest BCUT2D eigenvalue weighted by Crippen LogP contribution is 2.15. The molecule has 1 aliphatic rings. The van der Waals surface area contributed by atoms with Crippen LogP contribution in [-0.4, -0.2) is 70.7 Å². The first-order valence-electron chi connectivity index (χ1n) is 3.94. The summed E-state index contributed by atoms with van der Waals surface area (Å²) in [5.74, 6) is -1.35. The van der Waals surface area contributed by atoms with Gasteiger partial charge in [0.15, 0.2) is 6.10 Å². The van der Waals surface area contributed by atoms with Gasteiger partial charge in [0, 0.05) is 0 Å². The van der Waals surface area contributed by atoms with E-state index in [2.05, 4.69) is 4.74 Å². The lowest BCUT2D eigenvalue weighted by Gasteiger charge is -2.32. The van der Waals surface area contributed by atoms with E-state index in [4.69, 9.17) is 33.7 Å². The standard InChI is InChI=1S/C6H10O6.H2O3S/c7-2-1-12-5(6(10)11)4(9)3(2)8;1-4(2)3/h2-5,7-9H,1H2,(H,10,11);(H2,1,2,3)/p-1/t2-,3+,4-,5-;/m0./s1. The van der Waals surface area contributed by atoms with E-state index in [-0.39, 0.29) is 6.61 Å². The van der Waals surface area contributed by atoms with Crippen molar-refractivity contribution in [1.29, 1.82) is 0 Å². The first kappa shape index (κ1) is 15.4. The van der Waals surface area contributed by atoms with E-state index in [0.29, 0.717) is 0 Å². The zero-order valence-electron chi connectivity index (χ0n) is 7.79. The second kappa shape index (κ2) is 6.85. The van der Waals surface area contributed by atoms with Crippen LogP contribution < -0.4 is 0 Å². The molecular formula is C6H11O9S-. The molecule has 96 valence electrons. The van der Waals surface area contributed by atoms with E-state index >= 15 is 0 Å². The molecule has 0 aromatic carbocycles. The van der Waals surface area contributed by atoms with Crippen molar-refractivity contribution in [1.82, 2.24) is 0 Å². The average Bonchev–Trinajstić information content (AvgIpc) is 2.13. The average molecular weight is 259 g/mol. The maximum absolute atomic E-state index is 10.3. The van der Waals surface area contributed by atoms with Crippen LogP contribution in [0, 0.1) is 0 Å². The summed E-state index contributed by atoms with van der Waals surface area (Å²) in [7, 11) is 0. The Morgan fingerprint density at radius 2 is 1.75 bits per heavy atom. The number of carboxylic acids is 1. The second-order valence-electron chi connectivity index (χ2n) is 2.86. The number of carbonyl (C=O) groups is 1. The Morgan fingerprint density at radius 3 is 2.12 bits per heavy atom. The van der Waals surface area contributed by atoms with Crippen molar-refractivity contribution in [2.75, 3.05) is 6.61 Å². The predicted octanol–water partition coefficient (Wildman–Crippen LogP) is -3.11. The Hall–Kier alpha value is -0.620. The molecule has 0 aliphatic carbocycles. The van der Waals surface area contributed by atoms with E-state index in [1.807, 2.05) is 0 Å². The van der Waals surface area contributed by atoms with E-state index in [1.54, 1.807) is 0 Å². The monoisotopic (exact) mass is 259 g/mol. The first-order chi connectivity index (χ1) is 7.27. The summed E-state index contributed by atoms with van der Waals surface area (Å²) >= 11 is -2.86. The molecule has 5 atom stereocenters. The van der Waals surface area contributed by atoms with Gasteiger partial charge in [0.1, 0.15) is 18.3 Å². The molecule has 10 heteroatoms. The molecule has 1 fully saturated rings. The summed E-state index contributed by atoms with van der Waals surface area (Å²) in [4.78, 5) is 10.3. The minimum atomic E-state index is -2.86. The normalized spacial score (nSPS) is 35.8. The van der Waals surface area contributed by atoms with Gasteiger partial charge in [-0.2, -0.15) is 0 Å². The minimum absolute atomic E-state index is 0.283. The quantitative estimate of drug-likeness (QED) is 0.306. The Bertz CT molecular complexity index is 252. The molecule has 1 aliphatic heterocycles. The largest absolute Gasteiger partial charge is 0.750 e. The zero-order chi connectivity index (χ0) is 12.9. The highest BCUT2D eigenvalue weighted by molar-refractivity contribution is 7.73. The topological polar surface area (TPSA) is 168 Å². The molecule has 0 aromatic rings. The SMILES string of the molecule is O=C(O)[C@H]1OC[C@H](O)[C@@H](O)[C@@H]1O.O=S([O-])O. The number of hydrogen-bond acceptors (Lipinski definition) is 7. The van der Waals surface area contributed by atoms with Crippen LogP contribution in [0.15, 0.2) is 0 Å². The maximum Gasteiger partial charge on any atom is 0.335 e. The second-order valence-corrected chi connectivity index (χ2v) is 3.29. The Morgan fingerprint density at radius 1 is 1.31 bits per heavy atom. The summed E-state index contributed by atoms with van der Waals surface area (Å²) in [5.41, 5.74) is 0. The number of carboxylic acid groups (broad SMARTS) is 1. The summed E-state index contributed by atoms with van der Waals surface area (Å²) in [5, 5.41) is 35.4. The lowest BCUT2D eigenvalue weighted by molar-refractivity contribution is -0.201. The lowest BCUT2D eigenvalue weighted by Crippen LogP contribution is -2.55. The van der Waals surface area contributed by atoms with Gasteiger partial charge >= 0.3 is 5.97 Å². The Labute approximate surface area is 92.4 Å². The summed E-state index contributed by atoms with van der Waals surface area (Å²) in [6, 6.07) is 0. The fraction of sp³-hybridized carbons (Fsp3) is 0.833. The molecule has 0 bridgehead atoms. The molecule has 0 amide bonds. The summed E-state index contributed by atoms with van der Waals surface area (Å²) in [6.45, 7) is -0.283. The molecule has 1 unspecified atom stereocenters. The van der Waals surface area contributed by atoms with Crippen molar-refractivity contribution >= 4 is 17.3 Å². The summed E-state index contributed by atoms with van der Waals surface area (Å²) < 4.78 is 28.7. The van der Waals surface area contributed by atoms with Gasteiger partial charge in [-0.3, -0.25) is 0 Å². The van der Waals surface area contributed by atoms with Crippen LogP contribution in [0.5, 0.6) is 0 Å². The third-order valence-corrected chi connectivity index (χ3v) is 1.74. The number of rotatable bonds is 1. The van der Waals surface area contributed by atoms with Crippen molar-refractivity contribution in [3.63, 3.8) is 0 Å². The van der Waals surface area contributed by atoms with Gasteiger partial charge in [-0.15, -0.1) is 0 Å². The third-order valence-electron chi connectivity index (χ3n) is 1.74. The number of ether oxygens (including phenoxy) is 1. The number of aliphatic hydroxyl groups excluding tert-OH is 3. The van der Waals surface area contributed by atoms with Gasteiger partial charge in [0.2, 0.25) is 0 Å². The number of aliphatic hydroxyl groups is 3. The van der Waals surface area contributed by atoms with Crippen LogP contribution in [0.2, 0.25) is 0 Å². The van der Waals surface area contributed by atoms with Crippen molar-refractivity contribution in [3.8, 4) is 0 Å². The van der Waals surface area contributed by atoms with Crippen LogP contribution in [-0.2, 0) is 20.9 Å². The molecule has 0 spiro atoms.